The van der Waals surface area contributed by atoms with Crippen molar-refractivity contribution in [1.82, 2.24) is 9.88 Å². The van der Waals surface area contributed by atoms with Crippen molar-refractivity contribution in [2.75, 3.05) is 48.8 Å². The van der Waals surface area contributed by atoms with Crippen molar-refractivity contribution in [3.8, 4) is 0 Å². The maximum Gasteiger partial charge on any atom is 0.407 e. The van der Waals surface area contributed by atoms with Crippen LogP contribution in [0.3, 0.4) is 0 Å². The van der Waals surface area contributed by atoms with Crippen LogP contribution in [0.5, 0.6) is 0 Å². The van der Waals surface area contributed by atoms with Gasteiger partial charge in [-0.15, -0.1) is 0 Å². The molecule has 186 valence electrons. The summed E-state index contributed by atoms with van der Waals surface area (Å²) in [5.74, 6) is 0.980. The average molecular weight is 499 g/mol. The zero-order valence-corrected chi connectivity index (χ0v) is 20.4. The number of morpholine rings is 1. The third-order valence-electron chi connectivity index (χ3n) is 6.54. The Hall–Kier alpha value is -3.05. The lowest BCUT2D eigenvalue weighted by molar-refractivity contribution is -0.0147. The van der Waals surface area contributed by atoms with Crippen molar-refractivity contribution in [2.45, 2.75) is 24.5 Å². The van der Waals surface area contributed by atoms with Gasteiger partial charge >= 0.3 is 6.09 Å². The summed E-state index contributed by atoms with van der Waals surface area (Å²) in [5, 5.41) is 13.8. The fourth-order valence-electron chi connectivity index (χ4n) is 4.66. The zero-order valence-electron chi connectivity index (χ0n) is 19.6. The number of hydrogen-bond donors (Lipinski definition) is 4. The Labute approximate surface area is 205 Å². The molecular weight excluding hydrogens is 468 g/mol. The maximum absolute atomic E-state index is 11.4. The number of nitrogens with one attached hydrogen (secondary N) is 1. The van der Waals surface area contributed by atoms with Crippen LogP contribution < -0.4 is 10.2 Å². The zero-order chi connectivity index (χ0) is 24.6. The number of nitrogens with zero attached hydrogens (tertiary/aromatic N) is 3. The fourth-order valence-corrected chi connectivity index (χ4v) is 6.20. The summed E-state index contributed by atoms with van der Waals surface area (Å²) in [6, 6.07) is 15.5. The van der Waals surface area contributed by atoms with E-state index in [0.29, 0.717) is 44.2 Å². The Balaban J connectivity index is 1.45. The molecular formula is C25H30N4O5S. The summed E-state index contributed by atoms with van der Waals surface area (Å²) in [7, 11) is -2.87. The number of rotatable bonds is 4. The van der Waals surface area contributed by atoms with Gasteiger partial charge in [-0.3, -0.25) is 9.11 Å². The topological polar surface area (TPSA) is 118 Å². The van der Waals surface area contributed by atoms with E-state index in [4.69, 9.17) is 9.72 Å². The van der Waals surface area contributed by atoms with E-state index >= 15 is 0 Å². The predicted molar refractivity (Wildman–Crippen MR) is 138 cm³/mol. The number of ether oxygens (including phenoxy) is 1. The minimum Gasteiger partial charge on any atom is -0.465 e. The molecule has 35 heavy (non-hydrogen) atoms. The number of benzene rings is 2. The van der Waals surface area contributed by atoms with E-state index in [9.17, 15) is 19.0 Å². The van der Waals surface area contributed by atoms with E-state index in [1.807, 2.05) is 43.3 Å². The maximum atomic E-state index is 11.4. The van der Waals surface area contributed by atoms with Crippen molar-refractivity contribution in [3.05, 3.63) is 59.7 Å². The Morgan fingerprint density at radius 1 is 1.20 bits per heavy atom. The van der Waals surface area contributed by atoms with Crippen LogP contribution in [-0.4, -0.2) is 74.8 Å². The van der Waals surface area contributed by atoms with E-state index in [-0.39, 0.29) is 11.9 Å². The smallest absolute Gasteiger partial charge is 0.407 e. The average Bonchev–Trinajstić information content (AvgIpc) is 2.98. The lowest BCUT2D eigenvalue weighted by Crippen LogP contribution is -2.47. The molecule has 1 aromatic heterocycles. The number of fused-ring (bicyclic) bond motifs is 2. The first kappa shape index (κ1) is 23.7. The Kier molecular flexibility index (Phi) is 6.45. The molecule has 0 saturated carbocycles. The molecule has 1 atom stereocenters. The summed E-state index contributed by atoms with van der Waals surface area (Å²) in [4.78, 5) is 20.3. The Morgan fingerprint density at radius 3 is 2.86 bits per heavy atom. The molecule has 0 bridgehead atoms. The number of carboxylic acid groups (broad SMARTS) is 1. The molecule has 3 heterocycles. The van der Waals surface area contributed by atoms with Gasteiger partial charge in [0.25, 0.3) is 0 Å². The van der Waals surface area contributed by atoms with Crippen LogP contribution in [0.25, 0.3) is 10.9 Å². The van der Waals surface area contributed by atoms with Crippen LogP contribution >= 0.6 is 10.6 Å². The molecule has 1 amide bonds. The molecule has 1 saturated heterocycles. The van der Waals surface area contributed by atoms with Crippen molar-refractivity contribution in [3.63, 3.8) is 0 Å². The molecule has 1 fully saturated rings. The van der Waals surface area contributed by atoms with Crippen LogP contribution in [0.2, 0.25) is 0 Å². The van der Waals surface area contributed by atoms with E-state index in [1.165, 1.54) is 4.90 Å². The van der Waals surface area contributed by atoms with Crippen LogP contribution in [0, 0.1) is 6.92 Å². The monoisotopic (exact) mass is 498 g/mol. The van der Waals surface area contributed by atoms with Crippen molar-refractivity contribution < 1.29 is 23.7 Å². The van der Waals surface area contributed by atoms with E-state index in [0.717, 1.165) is 33.5 Å². The predicted octanol–water partition coefficient (Wildman–Crippen LogP) is 4.46. The molecule has 3 aromatic rings. The van der Waals surface area contributed by atoms with Crippen LogP contribution in [0.1, 0.15) is 11.1 Å². The molecule has 10 heteroatoms. The second kappa shape index (κ2) is 9.54. The molecule has 2 aromatic carbocycles. The Bertz CT molecular complexity index is 1250. The van der Waals surface area contributed by atoms with Crippen molar-refractivity contribution in [1.29, 1.82) is 0 Å². The van der Waals surface area contributed by atoms with Crippen LogP contribution in [0.15, 0.2) is 53.4 Å². The van der Waals surface area contributed by atoms with E-state index in [1.54, 1.807) is 6.07 Å². The first-order chi connectivity index (χ1) is 16.8. The molecule has 0 radical (unpaired) electrons. The van der Waals surface area contributed by atoms with Gasteiger partial charge in [0.15, 0.2) is 0 Å². The van der Waals surface area contributed by atoms with E-state index in [2.05, 4.69) is 16.3 Å². The molecule has 0 aliphatic carbocycles. The van der Waals surface area contributed by atoms with Gasteiger partial charge in [0.2, 0.25) is 0 Å². The lowest BCUT2D eigenvalue weighted by atomic mass is 10.1. The standard InChI is InChI=1S/C25H30N4O5S/c1-17-6-7-21-20(12-17)22(26-14-19-16-29(25(30)31)8-10-34-19)13-24(27-21)28-9-11-35(32,33)23-5-3-2-4-18(23)15-28/h2-7,12-13,19,32-33H,8-11,14-16H2,1H3,(H,26,27)(H,30,31). The fraction of sp³-hybridized carbons (Fsp3) is 0.360. The molecule has 9 nitrogen and oxygen atoms in total. The molecule has 2 aliphatic rings. The third-order valence-corrected chi connectivity index (χ3v) is 8.39. The minimum absolute atomic E-state index is 0.237. The quantitative estimate of drug-likeness (QED) is 0.416. The second-order valence-electron chi connectivity index (χ2n) is 9.05. The number of aryl methyl sites for hydroxylation is 1. The highest BCUT2D eigenvalue weighted by Gasteiger charge is 2.27. The number of pyridine rings is 1. The number of carbonyl (C=O) groups is 1. The van der Waals surface area contributed by atoms with Crippen molar-refractivity contribution >= 4 is 39.1 Å². The first-order valence-electron chi connectivity index (χ1n) is 11.6. The highest BCUT2D eigenvalue weighted by atomic mass is 32.3. The molecule has 1 unspecified atom stereocenters. The number of anilines is 2. The van der Waals surface area contributed by atoms with Crippen molar-refractivity contribution in [2.24, 2.45) is 0 Å². The van der Waals surface area contributed by atoms with Gasteiger partial charge in [-0.05, 0) is 30.7 Å². The number of aromatic nitrogens is 1. The summed E-state index contributed by atoms with van der Waals surface area (Å²) >= 11 is 0. The lowest BCUT2D eigenvalue weighted by Gasteiger charge is -2.32. The highest BCUT2D eigenvalue weighted by Crippen LogP contribution is 2.51. The summed E-state index contributed by atoms with van der Waals surface area (Å²) in [6.45, 7) is 4.54. The molecule has 4 N–H and O–H groups in total. The summed E-state index contributed by atoms with van der Waals surface area (Å²) in [5.41, 5.74) is 3.71. The van der Waals surface area contributed by atoms with Crippen LogP contribution in [-0.2, 0) is 11.3 Å². The second-order valence-corrected chi connectivity index (χ2v) is 11.2. The molecule has 2 aliphatic heterocycles. The summed E-state index contributed by atoms with van der Waals surface area (Å²) < 4.78 is 27.3. The molecule has 0 spiro atoms. The summed E-state index contributed by atoms with van der Waals surface area (Å²) in [6.07, 6.45) is -1.19. The van der Waals surface area contributed by atoms with Crippen LogP contribution in [0.4, 0.5) is 16.3 Å². The van der Waals surface area contributed by atoms with Gasteiger partial charge in [0.1, 0.15) is 5.82 Å². The first-order valence-corrected chi connectivity index (χ1v) is 13.4. The number of hydrogen-bond acceptors (Lipinski definition) is 7. The van der Waals surface area contributed by atoms with Gasteiger partial charge < -0.3 is 25.0 Å². The van der Waals surface area contributed by atoms with E-state index < -0.39 is 16.7 Å². The van der Waals surface area contributed by atoms with Gasteiger partial charge in [-0.1, -0.05) is 29.8 Å². The normalized spacial score (nSPS) is 20.7. The van der Waals surface area contributed by atoms with Gasteiger partial charge in [-0.2, -0.15) is 10.6 Å². The number of amides is 1. The minimum atomic E-state index is -2.87. The SMILES string of the molecule is Cc1ccc2nc(N3CCS(O)(O)c4ccccc4C3)cc(NCC3CN(C(=O)O)CCO3)c2c1. The van der Waals surface area contributed by atoms with Gasteiger partial charge in [-0.25, -0.2) is 9.78 Å². The van der Waals surface area contributed by atoms with Gasteiger partial charge in [0, 0.05) is 43.3 Å². The molecule has 5 rings (SSSR count). The Morgan fingerprint density at radius 2 is 2.03 bits per heavy atom. The third kappa shape index (κ3) is 5.01. The van der Waals surface area contributed by atoms with Gasteiger partial charge in [0.05, 0.1) is 35.4 Å². The largest absolute Gasteiger partial charge is 0.465 e. The highest BCUT2D eigenvalue weighted by molar-refractivity contribution is 8.24.